The van der Waals surface area contributed by atoms with Crippen LogP contribution in [-0.2, 0) is 4.79 Å². The second kappa shape index (κ2) is 7.02. The van der Waals surface area contributed by atoms with E-state index >= 15 is 0 Å². The number of amides is 1. The molecule has 1 aliphatic heterocycles. The highest BCUT2D eigenvalue weighted by Gasteiger charge is 2.16. The lowest BCUT2D eigenvalue weighted by Gasteiger charge is -2.13. The smallest absolute Gasteiger partial charge is 0.246 e. The van der Waals surface area contributed by atoms with Crippen LogP contribution >= 0.6 is 0 Å². The number of carbonyl (C=O) groups is 1. The van der Waals surface area contributed by atoms with Gasteiger partial charge in [-0.1, -0.05) is 0 Å². The Labute approximate surface area is 125 Å². The summed E-state index contributed by atoms with van der Waals surface area (Å²) in [7, 11) is 4.73. The predicted octanol–water partition coefficient (Wildman–Crippen LogP) is 2.35. The highest BCUT2D eigenvalue weighted by molar-refractivity contribution is 5.92. The average molecular weight is 291 g/mol. The minimum atomic E-state index is 0.0318. The molecule has 5 heteroatoms. The molecule has 0 atom stereocenters. The molecule has 0 unspecified atom stereocenters. The standard InChI is InChI=1S/C16H21NO4/c1-19-13-11-15(21-3)14(20-2)10-12(13)6-7-16(18)17-8-4-5-9-17/h6-7,10-11H,4-5,8-9H2,1-3H3. The molecule has 0 aliphatic carbocycles. The molecule has 21 heavy (non-hydrogen) atoms. The molecule has 0 aromatic heterocycles. The summed E-state index contributed by atoms with van der Waals surface area (Å²) in [5.41, 5.74) is 0.780. The fraction of sp³-hybridized carbons (Fsp3) is 0.438. The number of methoxy groups -OCH3 is 3. The maximum Gasteiger partial charge on any atom is 0.246 e. The number of carbonyl (C=O) groups excluding carboxylic acids is 1. The number of benzene rings is 1. The highest BCUT2D eigenvalue weighted by Crippen LogP contribution is 2.35. The summed E-state index contributed by atoms with van der Waals surface area (Å²) in [4.78, 5) is 13.9. The largest absolute Gasteiger partial charge is 0.496 e. The van der Waals surface area contributed by atoms with Crippen LogP contribution in [0.1, 0.15) is 18.4 Å². The number of rotatable bonds is 5. The Morgan fingerprint density at radius 2 is 1.57 bits per heavy atom. The Balaban J connectivity index is 2.23. The minimum absolute atomic E-state index is 0.0318. The number of hydrogen-bond donors (Lipinski definition) is 0. The number of nitrogens with zero attached hydrogens (tertiary/aromatic N) is 1. The second-order valence-corrected chi connectivity index (χ2v) is 4.81. The Morgan fingerprint density at radius 3 is 2.14 bits per heavy atom. The van der Waals surface area contributed by atoms with E-state index in [1.165, 1.54) is 0 Å². The van der Waals surface area contributed by atoms with Crippen molar-refractivity contribution < 1.29 is 19.0 Å². The normalized spacial score (nSPS) is 14.5. The molecule has 0 saturated carbocycles. The van der Waals surface area contributed by atoms with Gasteiger partial charge >= 0.3 is 0 Å². The zero-order valence-corrected chi connectivity index (χ0v) is 12.7. The molecule has 1 aromatic carbocycles. The Kier molecular flexibility index (Phi) is 5.09. The van der Waals surface area contributed by atoms with Crippen molar-refractivity contribution in [2.75, 3.05) is 34.4 Å². The van der Waals surface area contributed by atoms with Gasteiger partial charge in [0.1, 0.15) is 5.75 Å². The summed E-state index contributed by atoms with van der Waals surface area (Å²) >= 11 is 0. The van der Waals surface area contributed by atoms with E-state index in [0.29, 0.717) is 17.2 Å². The first kappa shape index (κ1) is 15.2. The van der Waals surface area contributed by atoms with Gasteiger partial charge in [-0.15, -0.1) is 0 Å². The highest BCUT2D eigenvalue weighted by atomic mass is 16.5. The van der Waals surface area contributed by atoms with E-state index in [-0.39, 0.29) is 5.91 Å². The molecule has 0 N–H and O–H groups in total. The third kappa shape index (κ3) is 3.48. The van der Waals surface area contributed by atoms with Crippen molar-refractivity contribution in [1.29, 1.82) is 0 Å². The van der Waals surface area contributed by atoms with Crippen LogP contribution in [0.2, 0.25) is 0 Å². The van der Waals surface area contributed by atoms with E-state index in [4.69, 9.17) is 14.2 Å². The zero-order valence-electron chi connectivity index (χ0n) is 12.7. The lowest BCUT2D eigenvalue weighted by atomic mass is 10.1. The molecule has 1 amide bonds. The van der Waals surface area contributed by atoms with Crippen LogP contribution in [0.15, 0.2) is 18.2 Å². The number of hydrogen-bond acceptors (Lipinski definition) is 4. The molecule has 5 nitrogen and oxygen atoms in total. The maximum absolute atomic E-state index is 12.0. The molecule has 0 radical (unpaired) electrons. The molecular formula is C16H21NO4. The van der Waals surface area contributed by atoms with Gasteiger partial charge in [0, 0.05) is 30.8 Å². The third-order valence-electron chi connectivity index (χ3n) is 3.56. The maximum atomic E-state index is 12.0. The van der Waals surface area contributed by atoms with Crippen molar-refractivity contribution in [3.63, 3.8) is 0 Å². The summed E-state index contributed by atoms with van der Waals surface area (Å²) in [6, 6.07) is 3.55. The quantitative estimate of drug-likeness (QED) is 0.781. The summed E-state index contributed by atoms with van der Waals surface area (Å²) in [6.07, 6.45) is 5.50. The summed E-state index contributed by atoms with van der Waals surface area (Å²) in [5, 5.41) is 0. The number of ether oxygens (including phenoxy) is 3. The van der Waals surface area contributed by atoms with Crippen LogP contribution in [-0.4, -0.2) is 45.2 Å². The summed E-state index contributed by atoms with van der Waals surface area (Å²) < 4.78 is 15.8. The van der Waals surface area contributed by atoms with Gasteiger partial charge in [0.15, 0.2) is 11.5 Å². The first-order chi connectivity index (χ1) is 10.2. The van der Waals surface area contributed by atoms with Crippen LogP contribution in [0.3, 0.4) is 0 Å². The molecule has 1 heterocycles. The van der Waals surface area contributed by atoms with Gasteiger partial charge in [-0.25, -0.2) is 0 Å². The van der Waals surface area contributed by atoms with Gasteiger partial charge in [0.2, 0.25) is 5.91 Å². The van der Waals surface area contributed by atoms with E-state index in [2.05, 4.69) is 0 Å². The average Bonchev–Trinajstić information content (AvgIpc) is 3.06. The fourth-order valence-corrected chi connectivity index (χ4v) is 2.39. The van der Waals surface area contributed by atoms with E-state index in [1.54, 1.807) is 45.6 Å². The lowest BCUT2D eigenvalue weighted by Crippen LogP contribution is -2.25. The molecule has 114 valence electrons. The van der Waals surface area contributed by atoms with Crippen LogP contribution in [0.5, 0.6) is 17.2 Å². The fourth-order valence-electron chi connectivity index (χ4n) is 2.39. The first-order valence-corrected chi connectivity index (χ1v) is 6.96. The first-order valence-electron chi connectivity index (χ1n) is 6.96. The molecule has 1 fully saturated rings. The van der Waals surface area contributed by atoms with Crippen molar-refractivity contribution in [2.24, 2.45) is 0 Å². The molecule has 0 spiro atoms. The van der Waals surface area contributed by atoms with Gasteiger partial charge in [-0.3, -0.25) is 4.79 Å². The molecule has 1 aromatic rings. The van der Waals surface area contributed by atoms with E-state index in [1.807, 2.05) is 4.90 Å². The molecule has 0 bridgehead atoms. The van der Waals surface area contributed by atoms with Crippen LogP contribution in [0, 0.1) is 0 Å². The van der Waals surface area contributed by atoms with Crippen LogP contribution in [0.25, 0.3) is 6.08 Å². The Morgan fingerprint density at radius 1 is 1.00 bits per heavy atom. The topological polar surface area (TPSA) is 48.0 Å². The monoisotopic (exact) mass is 291 g/mol. The number of likely N-dealkylation sites (tertiary alicyclic amines) is 1. The van der Waals surface area contributed by atoms with Crippen molar-refractivity contribution in [3.05, 3.63) is 23.8 Å². The summed E-state index contributed by atoms with van der Waals surface area (Å²) in [5.74, 6) is 1.87. The van der Waals surface area contributed by atoms with E-state index in [0.717, 1.165) is 31.5 Å². The van der Waals surface area contributed by atoms with Crippen molar-refractivity contribution >= 4 is 12.0 Å². The van der Waals surface area contributed by atoms with E-state index in [9.17, 15) is 4.79 Å². The van der Waals surface area contributed by atoms with Crippen LogP contribution in [0.4, 0.5) is 0 Å². The lowest BCUT2D eigenvalue weighted by molar-refractivity contribution is -0.124. The van der Waals surface area contributed by atoms with E-state index < -0.39 is 0 Å². The van der Waals surface area contributed by atoms with Gasteiger partial charge in [-0.05, 0) is 25.0 Å². The molecule has 2 rings (SSSR count). The van der Waals surface area contributed by atoms with Crippen molar-refractivity contribution in [2.45, 2.75) is 12.8 Å². The Bertz CT molecular complexity index is 533. The van der Waals surface area contributed by atoms with Gasteiger partial charge in [0.05, 0.1) is 21.3 Å². The SMILES string of the molecule is COc1cc(OC)c(OC)cc1C=CC(=O)N1CCCC1. The minimum Gasteiger partial charge on any atom is -0.496 e. The Hall–Kier alpha value is -2.17. The third-order valence-corrected chi connectivity index (χ3v) is 3.56. The molecular weight excluding hydrogens is 270 g/mol. The molecule has 1 aliphatic rings. The predicted molar refractivity (Wildman–Crippen MR) is 80.9 cm³/mol. The second-order valence-electron chi connectivity index (χ2n) is 4.81. The van der Waals surface area contributed by atoms with Gasteiger partial charge < -0.3 is 19.1 Å². The molecule has 1 saturated heterocycles. The van der Waals surface area contributed by atoms with Gasteiger partial charge in [-0.2, -0.15) is 0 Å². The van der Waals surface area contributed by atoms with Crippen molar-refractivity contribution in [1.82, 2.24) is 4.90 Å². The van der Waals surface area contributed by atoms with Crippen LogP contribution < -0.4 is 14.2 Å². The zero-order chi connectivity index (χ0) is 15.2. The summed E-state index contributed by atoms with van der Waals surface area (Å²) in [6.45, 7) is 1.68. The van der Waals surface area contributed by atoms with Gasteiger partial charge in [0.25, 0.3) is 0 Å². The van der Waals surface area contributed by atoms with Crippen molar-refractivity contribution in [3.8, 4) is 17.2 Å².